The largest absolute Gasteiger partial charge is 0.248 e. The molecule has 0 aliphatic heterocycles. The summed E-state index contributed by atoms with van der Waals surface area (Å²) in [7, 11) is 0. The van der Waals surface area contributed by atoms with Gasteiger partial charge < -0.3 is 0 Å². The minimum absolute atomic E-state index is 1.58. The quantitative estimate of drug-likeness (QED) is 0.489. The highest BCUT2D eigenvalue weighted by Crippen LogP contribution is 1.79. The van der Waals surface area contributed by atoms with E-state index < -0.39 is 0 Å². The molecule has 0 bridgehead atoms. The number of thiocarbonyl (C=S) groups is 3. The number of rotatable bonds is 0. The molecule has 0 saturated heterocycles. The van der Waals surface area contributed by atoms with Crippen molar-refractivity contribution in [1.82, 2.24) is 0 Å². The van der Waals surface area contributed by atoms with Crippen LogP contribution in [-0.2, 0) is 0 Å². The first-order valence-electron chi connectivity index (χ1n) is 3.36. The molecular weight excluding hydrogens is 246 g/mol. The molecule has 0 aromatic heterocycles. The molecule has 1 aromatic rings. The first-order chi connectivity index (χ1) is 7.24. The van der Waals surface area contributed by atoms with E-state index in [4.69, 9.17) is 16.2 Å². The van der Waals surface area contributed by atoms with Crippen molar-refractivity contribution >= 4 is 52.1 Å². The molecule has 15 heavy (non-hydrogen) atoms. The molecule has 0 spiro atoms. The molecule has 0 amide bonds. The summed E-state index contributed by atoms with van der Waals surface area (Å²) in [6.45, 7) is 0. The molecule has 0 aliphatic rings. The van der Waals surface area contributed by atoms with Crippen LogP contribution >= 0.6 is 36.7 Å². The maximum absolute atomic E-state index is 5.77. The van der Waals surface area contributed by atoms with Crippen molar-refractivity contribution in [3.05, 3.63) is 36.4 Å². The predicted octanol–water partition coefficient (Wildman–Crippen LogP) is 3.69. The van der Waals surface area contributed by atoms with Crippen LogP contribution in [0, 0.1) is 16.2 Å². The first-order valence-corrected chi connectivity index (χ1v) is 4.59. The van der Waals surface area contributed by atoms with Crippen molar-refractivity contribution in [2.45, 2.75) is 0 Å². The second-order valence-electron chi connectivity index (χ2n) is 1.46. The molecule has 1 rings (SSSR count). The molecule has 0 atom stereocenters. The van der Waals surface area contributed by atoms with E-state index in [1.54, 1.807) is 15.5 Å². The van der Waals surface area contributed by atoms with E-state index in [9.17, 15) is 0 Å². The Kier molecular flexibility index (Phi) is 37.6. The van der Waals surface area contributed by atoms with Crippen LogP contribution in [0.3, 0.4) is 0 Å². The summed E-state index contributed by atoms with van der Waals surface area (Å²) in [5.74, 6) is 0. The Morgan fingerprint density at radius 3 is 0.667 bits per heavy atom. The van der Waals surface area contributed by atoms with Gasteiger partial charge in [-0.05, 0) is 36.7 Å². The average Bonchev–Trinajstić information content (AvgIpc) is 2.24. The molecular formula is C9H9N3S3. The molecule has 3 N–H and O–H groups in total. The van der Waals surface area contributed by atoms with Gasteiger partial charge in [-0.25, -0.2) is 16.2 Å². The van der Waals surface area contributed by atoms with Crippen molar-refractivity contribution in [3.63, 3.8) is 0 Å². The number of benzene rings is 1. The van der Waals surface area contributed by atoms with E-state index >= 15 is 0 Å². The standard InChI is InChI=1S/C6H6.3CHNS/c1-2-4-6-5-3-1;3*2-1-3/h1-6H;3*2H. The summed E-state index contributed by atoms with van der Waals surface area (Å²) in [6.07, 6.45) is 0. The van der Waals surface area contributed by atoms with Gasteiger partial charge in [0, 0.05) is 0 Å². The van der Waals surface area contributed by atoms with Crippen LogP contribution in [0.2, 0.25) is 0 Å². The van der Waals surface area contributed by atoms with Gasteiger partial charge in [-0.1, -0.05) is 36.4 Å². The Balaban J connectivity index is -0.000000140. The second-order valence-corrected chi connectivity index (χ2v) is 2.07. The molecule has 0 saturated carbocycles. The Morgan fingerprint density at radius 2 is 0.600 bits per heavy atom. The molecule has 0 aliphatic carbocycles. The zero-order valence-electron chi connectivity index (χ0n) is 7.69. The Bertz CT molecular complexity index is 251. The Morgan fingerprint density at radius 1 is 0.533 bits per heavy atom. The highest BCUT2D eigenvalue weighted by atomic mass is 32.1. The van der Waals surface area contributed by atoms with Crippen LogP contribution in [0.1, 0.15) is 0 Å². The van der Waals surface area contributed by atoms with E-state index in [0.717, 1.165) is 0 Å². The van der Waals surface area contributed by atoms with Crippen molar-refractivity contribution in [2.75, 3.05) is 0 Å². The van der Waals surface area contributed by atoms with E-state index in [-0.39, 0.29) is 0 Å². The molecule has 0 unspecified atom stereocenters. The highest BCUT2D eigenvalue weighted by Gasteiger charge is 1.57. The summed E-state index contributed by atoms with van der Waals surface area (Å²) in [6, 6.07) is 12.0. The summed E-state index contributed by atoms with van der Waals surface area (Å²) in [4.78, 5) is 0. The first kappa shape index (κ1) is 19.2. The molecule has 6 heteroatoms. The van der Waals surface area contributed by atoms with Crippen molar-refractivity contribution in [1.29, 1.82) is 16.2 Å². The molecule has 1 aromatic carbocycles. The van der Waals surface area contributed by atoms with Gasteiger partial charge in [-0.15, -0.1) is 0 Å². The number of isothiocyanates is 3. The lowest BCUT2D eigenvalue weighted by Crippen LogP contribution is -1.47. The van der Waals surface area contributed by atoms with Gasteiger partial charge in [0.15, 0.2) is 0 Å². The fourth-order valence-electron chi connectivity index (χ4n) is 0.385. The summed E-state index contributed by atoms with van der Waals surface area (Å²) in [5.41, 5.74) is 0. The number of hydrogen-bond donors (Lipinski definition) is 3. The maximum atomic E-state index is 5.77. The Hall–Kier alpha value is -1.38. The minimum atomic E-state index is 1.58. The van der Waals surface area contributed by atoms with E-state index in [0.29, 0.717) is 0 Å². The summed E-state index contributed by atoms with van der Waals surface area (Å²) < 4.78 is 0. The summed E-state index contributed by atoms with van der Waals surface area (Å²) in [5, 5.41) is 22.1. The van der Waals surface area contributed by atoms with Gasteiger partial charge in [0.1, 0.15) is 0 Å². The third kappa shape index (κ3) is 66.7. The van der Waals surface area contributed by atoms with Crippen LogP contribution in [0.5, 0.6) is 0 Å². The second kappa shape index (κ2) is 29.3. The van der Waals surface area contributed by atoms with Gasteiger partial charge in [-0.3, -0.25) is 0 Å². The summed E-state index contributed by atoms with van der Waals surface area (Å²) >= 11 is 11.4. The number of nitrogens with one attached hydrogen (secondary N) is 3. The third-order valence-electron chi connectivity index (χ3n) is 0.667. The van der Waals surface area contributed by atoms with Crippen LogP contribution in [0.15, 0.2) is 36.4 Å². The third-order valence-corrected chi connectivity index (χ3v) is 0.667. The van der Waals surface area contributed by atoms with Gasteiger partial charge in [-0.2, -0.15) is 0 Å². The monoisotopic (exact) mass is 255 g/mol. The van der Waals surface area contributed by atoms with Gasteiger partial charge in [0.25, 0.3) is 0 Å². The predicted molar refractivity (Wildman–Crippen MR) is 72.4 cm³/mol. The SMILES string of the molecule is N=C=S.N=C=S.N=C=S.c1ccccc1. The smallest absolute Gasteiger partial charge is 0.0554 e. The molecule has 0 radical (unpaired) electrons. The fraction of sp³-hybridized carbons (Fsp3) is 0. The van der Waals surface area contributed by atoms with E-state index in [1.807, 2.05) is 36.4 Å². The molecule has 0 fully saturated rings. The van der Waals surface area contributed by atoms with Crippen LogP contribution in [0.25, 0.3) is 0 Å². The fourth-order valence-corrected chi connectivity index (χ4v) is 0.385. The Labute approximate surface area is 105 Å². The minimum Gasteiger partial charge on any atom is -0.248 e. The zero-order valence-corrected chi connectivity index (χ0v) is 10.1. The van der Waals surface area contributed by atoms with Gasteiger partial charge in [0.05, 0.1) is 15.5 Å². The van der Waals surface area contributed by atoms with E-state index in [1.165, 1.54) is 0 Å². The van der Waals surface area contributed by atoms with Crippen LogP contribution in [-0.4, -0.2) is 15.5 Å². The normalized spacial score (nSPS) is 4.80. The zero-order chi connectivity index (χ0) is 12.4. The average molecular weight is 255 g/mol. The van der Waals surface area contributed by atoms with Crippen LogP contribution < -0.4 is 0 Å². The lowest BCUT2D eigenvalue weighted by atomic mass is 10.4. The lowest BCUT2D eigenvalue weighted by molar-refractivity contribution is 1.61. The van der Waals surface area contributed by atoms with Gasteiger partial charge in [0.2, 0.25) is 0 Å². The molecule has 0 heterocycles. The van der Waals surface area contributed by atoms with Crippen molar-refractivity contribution < 1.29 is 0 Å². The van der Waals surface area contributed by atoms with Crippen molar-refractivity contribution in [2.24, 2.45) is 0 Å². The lowest BCUT2D eigenvalue weighted by Gasteiger charge is -1.69. The number of hydrogen-bond acceptors (Lipinski definition) is 6. The maximum Gasteiger partial charge on any atom is 0.0554 e. The van der Waals surface area contributed by atoms with Gasteiger partial charge >= 0.3 is 0 Å². The van der Waals surface area contributed by atoms with Crippen LogP contribution in [0.4, 0.5) is 0 Å². The van der Waals surface area contributed by atoms with Crippen molar-refractivity contribution in [3.8, 4) is 0 Å². The highest BCUT2D eigenvalue weighted by molar-refractivity contribution is 7.78. The molecule has 3 nitrogen and oxygen atoms in total. The van der Waals surface area contributed by atoms with E-state index in [2.05, 4.69) is 36.7 Å². The topological polar surface area (TPSA) is 71.6 Å². The molecule has 78 valence electrons.